The molecule has 0 unspecified atom stereocenters. The zero-order valence-corrected chi connectivity index (χ0v) is 11.9. The van der Waals surface area contributed by atoms with Crippen LogP contribution in [0, 0.1) is 27.7 Å². The number of carbonyl (C=O) groups is 2. The molecule has 2 aromatic heterocycles. The molecule has 0 aliphatic carbocycles. The first-order chi connectivity index (χ1) is 9.38. The Labute approximate surface area is 116 Å². The molecule has 0 amide bonds. The Bertz CT molecular complexity index is 647. The zero-order chi connectivity index (χ0) is 14.9. The highest BCUT2D eigenvalue weighted by molar-refractivity contribution is 5.98. The lowest BCUT2D eigenvalue weighted by Gasteiger charge is -1.99. The molecular weight excluding hydrogens is 256 g/mol. The molecule has 0 atom stereocenters. The van der Waals surface area contributed by atoms with E-state index < -0.39 is 0 Å². The Morgan fingerprint density at radius 3 is 1.45 bits per heavy atom. The van der Waals surface area contributed by atoms with Gasteiger partial charge in [0.1, 0.15) is 0 Å². The van der Waals surface area contributed by atoms with Crippen LogP contribution in [0.25, 0.3) is 0 Å². The lowest BCUT2D eigenvalue weighted by atomic mass is 10.4. The van der Waals surface area contributed by atoms with Crippen molar-refractivity contribution in [1.29, 1.82) is 0 Å². The van der Waals surface area contributed by atoms with E-state index in [1.54, 1.807) is 26.0 Å². The summed E-state index contributed by atoms with van der Waals surface area (Å²) in [5, 5.41) is 8.13. The molecule has 0 bridgehead atoms. The van der Waals surface area contributed by atoms with Crippen molar-refractivity contribution in [3.63, 3.8) is 0 Å². The summed E-state index contributed by atoms with van der Waals surface area (Å²) in [6, 6.07) is 3.60. The van der Waals surface area contributed by atoms with E-state index in [0.29, 0.717) is 0 Å². The summed E-state index contributed by atoms with van der Waals surface area (Å²) in [6.07, 6.45) is 2.41. The lowest BCUT2D eigenvalue weighted by Crippen LogP contribution is -2.14. The third-order valence-corrected chi connectivity index (χ3v) is 2.81. The molecule has 2 aromatic rings. The summed E-state index contributed by atoms with van der Waals surface area (Å²) in [6.45, 7) is 7.19. The topological polar surface area (TPSA) is 69.8 Å². The molecule has 2 rings (SSSR count). The van der Waals surface area contributed by atoms with Crippen LogP contribution >= 0.6 is 0 Å². The smallest absolute Gasteiger partial charge is 0.267 e. The monoisotopic (exact) mass is 272 g/mol. The molecule has 6 nitrogen and oxygen atoms in total. The normalized spacial score (nSPS) is 11.2. The number of carbonyl (C=O) groups excluding carboxylic acids is 2. The molecule has 20 heavy (non-hydrogen) atoms. The van der Waals surface area contributed by atoms with Crippen LogP contribution < -0.4 is 0 Å². The summed E-state index contributed by atoms with van der Waals surface area (Å²) in [5.74, 6) is -0.712. The van der Waals surface area contributed by atoms with Gasteiger partial charge in [0.2, 0.25) is 0 Å². The number of allylic oxidation sites excluding steroid dienone is 2. The molecule has 0 spiro atoms. The van der Waals surface area contributed by atoms with Gasteiger partial charge in [-0.05, 0) is 39.8 Å². The van der Waals surface area contributed by atoms with Gasteiger partial charge in [-0.3, -0.25) is 9.59 Å². The minimum Gasteiger partial charge on any atom is -0.267 e. The predicted octanol–water partition coefficient (Wildman–Crippen LogP) is 1.85. The summed E-state index contributed by atoms with van der Waals surface area (Å²) in [7, 11) is 0. The summed E-state index contributed by atoms with van der Waals surface area (Å²) in [4.78, 5) is 23.9. The summed E-state index contributed by atoms with van der Waals surface area (Å²) >= 11 is 0. The number of aryl methyl sites for hydroxylation is 4. The van der Waals surface area contributed by atoms with Crippen molar-refractivity contribution in [3.05, 3.63) is 47.1 Å². The van der Waals surface area contributed by atoms with E-state index in [-0.39, 0.29) is 11.8 Å². The predicted molar refractivity (Wildman–Crippen MR) is 73.8 cm³/mol. The fourth-order valence-electron chi connectivity index (χ4n) is 1.99. The van der Waals surface area contributed by atoms with Gasteiger partial charge in [-0.2, -0.15) is 10.2 Å². The average Bonchev–Trinajstić information content (AvgIpc) is 2.88. The molecule has 0 aliphatic heterocycles. The number of hydrogen-bond acceptors (Lipinski definition) is 4. The molecule has 0 aromatic carbocycles. The van der Waals surface area contributed by atoms with E-state index in [1.807, 2.05) is 13.8 Å². The molecule has 0 radical (unpaired) electrons. The minimum atomic E-state index is -0.356. The van der Waals surface area contributed by atoms with Crippen molar-refractivity contribution in [2.75, 3.05) is 0 Å². The second kappa shape index (κ2) is 5.24. The lowest BCUT2D eigenvalue weighted by molar-refractivity contribution is 0.0924. The molecule has 104 valence electrons. The molecule has 0 N–H and O–H groups in total. The molecule has 0 saturated carbocycles. The van der Waals surface area contributed by atoms with Crippen LogP contribution in [0.3, 0.4) is 0 Å². The average molecular weight is 272 g/mol. The Morgan fingerprint density at radius 1 is 0.850 bits per heavy atom. The first-order valence-corrected chi connectivity index (χ1v) is 6.22. The SMILES string of the molecule is Cc1cc(C)n(C(=O)C=CC(=O)n2nc(C)cc2C)n1. The minimum absolute atomic E-state index is 0.356. The molecule has 0 saturated heterocycles. The van der Waals surface area contributed by atoms with Gasteiger partial charge in [0.25, 0.3) is 11.8 Å². The standard InChI is InChI=1S/C14H16N4O2/c1-9-7-11(3)17(15-9)13(19)5-6-14(20)18-12(4)8-10(2)16-18/h5-8H,1-4H3. The highest BCUT2D eigenvalue weighted by Gasteiger charge is 2.10. The number of hydrogen-bond donors (Lipinski definition) is 0. The van der Waals surface area contributed by atoms with Crippen LogP contribution in [0.1, 0.15) is 32.4 Å². The highest BCUT2D eigenvalue weighted by atomic mass is 16.2. The van der Waals surface area contributed by atoms with Crippen LogP contribution in [0.4, 0.5) is 0 Å². The fraction of sp³-hybridized carbons (Fsp3) is 0.286. The molecule has 2 heterocycles. The first kappa shape index (κ1) is 13.9. The van der Waals surface area contributed by atoms with E-state index in [0.717, 1.165) is 22.8 Å². The molecule has 0 aliphatic rings. The van der Waals surface area contributed by atoms with Crippen LogP contribution in [-0.4, -0.2) is 31.4 Å². The van der Waals surface area contributed by atoms with Crippen LogP contribution in [0.2, 0.25) is 0 Å². The van der Waals surface area contributed by atoms with Crippen molar-refractivity contribution in [2.24, 2.45) is 0 Å². The Balaban J connectivity index is 2.17. The summed E-state index contributed by atoms with van der Waals surface area (Å²) in [5.41, 5.74) is 2.98. The third kappa shape index (κ3) is 2.74. The maximum absolute atomic E-state index is 11.9. The largest absolute Gasteiger partial charge is 0.271 e. The number of aromatic nitrogens is 4. The van der Waals surface area contributed by atoms with Crippen LogP contribution in [0.15, 0.2) is 24.3 Å². The van der Waals surface area contributed by atoms with Gasteiger partial charge in [-0.1, -0.05) is 0 Å². The van der Waals surface area contributed by atoms with Gasteiger partial charge in [-0.15, -0.1) is 0 Å². The maximum Gasteiger partial charge on any atom is 0.271 e. The number of rotatable bonds is 2. The fourth-order valence-corrected chi connectivity index (χ4v) is 1.99. The third-order valence-electron chi connectivity index (χ3n) is 2.81. The Hall–Kier alpha value is -2.50. The molecule has 0 fully saturated rings. The van der Waals surface area contributed by atoms with Gasteiger partial charge in [-0.25, -0.2) is 9.36 Å². The second-order valence-corrected chi connectivity index (χ2v) is 4.69. The zero-order valence-electron chi connectivity index (χ0n) is 11.9. The molecular formula is C14H16N4O2. The number of nitrogens with zero attached hydrogens (tertiary/aromatic N) is 4. The van der Waals surface area contributed by atoms with Crippen LogP contribution in [-0.2, 0) is 0 Å². The van der Waals surface area contributed by atoms with Crippen molar-refractivity contribution in [2.45, 2.75) is 27.7 Å². The van der Waals surface area contributed by atoms with Crippen LogP contribution in [0.5, 0.6) is 0 Å². The summed E-state index contributed by atoms with van der Waals surface area (Å²) < 4.78 is 2.53. The van der Waals surface area contributed by atoms with Gasteiger partial charge in [0.05, 0.1) is 11.4 Å². The van der Waals surface area contributed by atoms with E-state index in [9.17, 15) is 9.59 Å². The molecule has 6 heteroatoms. The quantitative estimate of drug-likeness (QED) is 0.782. The Kier molecular flexibility index (Phi) is 3.65. The van der Waals surface area contributed by atoms with Gasteiger partial charge < -0.3 is 0 Å². The van der Waals surface area contributed by atoms with E-state index in [1.165, 1.54) is 21.5 Å². The maximum atomic E-state index is 11.9. The van der Waals surface area contributed by atoms with Crippen molar-refractivity contribution in [3.8, 4) is 0 Å². The highest BCUT2D eigenvalue weighted by Crippen LogP contribution is 2.04. The van der Waals surface area contributed by atoms with Gasteiger partial charge in [0, 0.05) is 23.5 Å². The van der Waals surface area contributed by atoms with E-state index in [4.69, 9.17) is 0 Å². The van der Waals surface area contributed by atoms with Gasteiger partial charge in [0.15, 0.2) is 0 Å². The van der Waals surface area contributed by atoms with Crippen molar-refractivity contribution >= 4 is 11.8 Å². The first-order valence-electron chi connectivity index (χ1n) is 6.22. The van der Waals surface area contributed by atoms with Crippen molar-refractivity contribution in [1.82, 2.24) is 19.6 Å². The second-order valence-electron chi connectivity index (χ2n) is 4.69. The van der Waals surface area contributed by atoms with Gasteiger partial charge >= 0.3 is 0 Å². The Morgan fingerprint density at radius 2 is 1.20 bits per heavy atom. The van der Waals surface area contributed by atoms with E-state index in [2.05, 4.69) is 10.2 Å². The van der Waals surface area contributed by atoms with E-state index >= 15 is 0 Å². The van der Waals surface area contributed by atoms with Crippen molar-refractivity contribution < 1.29 is 9.59 Å².